The summed E-state index contributed by atoms with van der Waals surface area (Å²) in [7, 11) is 0. The largest absolute Gasteiger partial charge is 0.462 e. The van der Waals surface area contributed by atoms with Crippen LogP contribution in [0.1, 0.15) is 51.9 Å². The molecule has 26 heavy (non-hydrogen) atoms. The van der Waals surface area contributed by atoms with Gasteiger partial charge in [0, 0.05) is 13.1 Å². The molecule has 2 aliphatic rings. The van der Waals surface area contributed by atoms with Gasteiger partial charge in [0.05, 0.1) is 5.92 Å². The summed E-state index contributed by atoms with van der Waals surface area (Å²) in [5.74, 6) is 1.39. The number of esters is 1. The minimum Gasteiger partial charge on any atom is -0.462 e. The molecule has 3 heterocycles. The van der Waals surface area contributed by atoms with Crippen LogP contribution in [0.4, 0.5) is 5.82 Å². The Morgan fingerprint density at radius 1 is 1.19 bits per heavy atom. The second kappa shape index (κ2) is 7.55. The smallest absolute Gasteiger partial charge is 0.309 e. The Labute approximate surface area is 152 Å². The molecule has 2 unspecified atom stereocenters. The lowest BCUT2D eigenvalue weighted by Gasteiger charge is -2.34. The third-order valence-electron chi connectivity index (χ3n) is 5.84. The number of aromatic nitrogens is 5. The van der Waals surface area contributed by atoms with Gasteiger partial charge in [0.25, 0.3) is 0 Å². The van der Waals surface area contributed by atoms with E-state index < -0.39 is 0 Å². The Bertz CT molecular complexity index is 755. The molecular weight excluding hydrogens is 332 g/mol. The van der Waals surface area contributed by atoms with Gasteiger partial charge < -0.3 is 9.64 Å². The highest BCUT2D eigenvalue weighted by Crippen LogP contribution is 2.31. The van der Waals surface area contributed by atoms with Crippen LogP contribution in [-0.2, 0) is 9.53 Å². The van der Waals surface area contributed by atoms with Crippen LogP contribution in [0.5, 0.6) is 0 Å². The van der Waals surface area contributed by atoms with Crippen LogP contribution in [0.25, 0.3) is 5.65 Å². The first-order valence-electron chi connectivity index (χ1n) is 9.75. The first-order chi connectivity index (χ1) is 12.7. The molecule has 0 spiro atoms. The molecule has 1 saturated carbocycles. The van der Waals surface area contributed by atoms with E-state index in [-0.39, 0.29) is 18.0 Å². The number of rotatable bonds is 4. The zero-order valence-corrected chi connectivity index (χ0v) is 15.3. The lowest BCUT2D eigenvalue weighted by atomic mass is 9.84. The van der Waals surface area contributed by atoms with Crippen molar-refractivity contribution < 1.29 is 9.53 Å². The summed E-state index contributed by atoms with van der Waals surface area (Å²) in [5, 5.41) is 15.8. The standard InChI is InChI=1S/C18H26N6O2/c1-2-13-5-3-4-6-15(13)26-18(25)14-9-11-23(12-10-14)17-8-7-16-19-21-22-24(16)20-17/h7-8,13-15H,2-6,9-12H2,1H3. The number of hydrogen-bond donors (Lipinski definition) is 0. The van der Waals surface area contributed by atoms with Crippen molar-refractivity contribution in [3.63, 3.8) is 0 Å². The van der Waals surface area contributed by atoms with Crippen LogP contribution in [0, 0.1) is 11.8 Å². The number of fused-ring (bicyclic) bond motifs is 1. The lowest BCUT2D eigenvalue weighted by molar-refractivity contribution is -0.159. The van der Waals surface area contributed by atoms with Crippen molar-refractivity contribution in [3.05, 3.63) is 12.1 Å². The van der Waals surface area contributed by atoms with Crippen LogP contribution < -0.4 is 4.90 Å². The third kappa shape index (κ3) is 3.50. The van der Waals surface area contributed by atoms with E-state index in [0.717, 1.165) is 44.6 Å². The van der Waals surface area contributed by atoms with Crippen LogP contribution >= 0.6 is 0 Å². The number of carbonyl (C=O) groups excluding carboxylic acids is 1. The summed E-state index contributed by atoms with van der Waals surface area (Å²) >= 11 is 0. The number of anilines is 1. The highest BCUT2D eigenvalue weighted by Gasteiger charge is 2.32. The van der Waals surface area contributed by atoms with E-state index >= 15 is 0 Å². The highest BCUT2D eigenvalue weighted by molar-refractivity contribution is 5.73. The van der Waals surface area contributed by atoms with E-state index in [9.17, 15) is 4.79 Å². The topological polar surface area (TPSA) is 85.5 Å². The fraction of sp³-hybridized carbons (Fsp3) is 0.722. The maximum atomic E-state index is 12.6. The fourth-order valence-corrected chi connectivity index (χ4v) is 4.19. The molecule has 2 atom stereocenters. The fourth-order valence-electron chi connectivity index (χ4n) is 4.19. The molecule has 2 aromatic rings. The van der Waals surface area contributed by atoms with Gasteiger partial charge in [-0.15, -0.1) is 14.8 Å². The van der Waals surface area contributed by atoms with Gasteiger partial charge in [0.1, 0.15) is 6.10 Å². The van der Waals surface area contributed by atoms with Crippen molar-refractivity contribution in [1.82, 2.24) is 25.3 Å². The molecule has 4 rings (SSSR count). The predicted molar refractivity (Wildman–Crippen MR) is 95.6 cm³/mol. The minimum absolute atomic E-state index is 0.00103. The molecular formula is C18H26N6O2. The maximum absolute atomic E-state index is 12.6. The first-order valence-corrected chi connectivity index (χ1v) is 9.75. The highest BCUT2D eigenvalue weighted by atomic mass is 16.5. The molecule has 0 aromatic carbocycles. The van der Waals surface area contributed by atoms with E-state index in [1.54, 1.807) is 0 Å². The third-order valence-corrected chi connectivity index (χ3v) is 5.84. The molecule has 0 N–H and O–H groups in total. The zero-order chi connectivity index (χ0) is 17.9. The van der Waals surface area contributed by atoms with E-state index in [0.29, 0.717) is 11.6 Å². The van der Waals surface area contributed by atoms with Crippen molar-refractivity contribution in [2.45, 2.75) is 58.0 Å². The first kappa shape index (κ1) is 17.2. The summed E-state index contributed by atoms with van der Waals surface area (Å²) in [6.45, 7) is 3.79. The molecule has 1 saturated heterocycles. The average Bonchev–Trinajstić information content (AvgIpc) is 3.16. The SMILES string of the molecule is CCC1CCCCC1OC(=O)C1CCN(c2ccc3nnnn3n2)CC1. The van der Waals surface area contributed by atoms with Crippen LogP contribution in [0.3, 0.4) is 0 Å². The predicted octanol–water partition coefficient (Wildman–Crippen LogP) is 2.25. The van der Waals surface area contributed by atoms with Crippen molar-refractivity contribution >= 4 is 17.4 Å². The van der Waals surface area contributed by atoms with Gasteiger partial charge in [-0.25, -0.2) is 0 Å². The average molecular weight is 358 g/mol. The molecule has 1 aliphatic heterocycles. The number of piperidine rings is 1. The van der Waals surface area contributed by atoms with Crippen molar-refractivity contribution in [2.75, 3.05) is 18.0 Å². The molecule has 2 aromatic heterocycles. The van der Waals surface area contributed by atoms with Crippen LogP contribution in [0.2, 0.25) is 0 Å². The zero-order valence-electron chi connectivity index (χ0n) is 15.3. The number of ether oxygens (including phenoxy) is 1. The number of carbonyl (C=O) groups is 1. The van der Waals surface area contributed by atoms with E-state index in [1.165, 1.54) is 23.9 Å². The molecule has 0 bridgehead atoms. The van der Waals surface area contributed by atoms with E-state index in [2.05, 4.69) is 32.4 Å². The molecule has 8 nitrogen and oxygen atoms in total. The monoisotopic (exact) mass is 358 g/mol. The van der Waals surface area contributed by atoms with E-state index in [4.69, 9.17) is 4.74 Å². The van der Waals surface area contributed by atoms with Crippen molar-refractivity contribution in [1.29, 1.82) is 0 Å². The lowest BCUT2D eigenvalue weighted by Crippen LogP contribution is -2.39. The maximum Gasteiger partial charge on any atom is 0.309 e. The Kier molecular flexibility index (Phi) is 4.99. The summed E-state index contributed by atoms with van der Waals surface area (Å²) < 4.78 is 7.35. The molecule has 140 valence electrons. The van der Waals surface area contributed by atoms with Gasteiger partial charge in [-0.2, -0.15) is 0 Å². The molecule has 1 aliphatic carbocycles. The van der Waals surface area contributed by atoms with Crippen LogP contribution in [0.15, 0.2) is 12.1 Å². The summed E-state index contributed by atoms with van der Waals surface area (Å²) in [4.78, 5) is 14.8. The number of tetrazole rings is 1. The summed E-state index contributed by atoms with van der Waals surface area (Å²) in [5.41, 5.74) is 0.630. The van der Waals surface area contributed by atoms with Crippen LogP contribution in [-0.4, -0.2) is 50.4 Å². The number of hydrogen-bond acceptors (Lipinski definition) is 7. The normalized spacial score (nSPS) is 24.7. The molecule has 2 fully saturated rings. The van der Waals surface area contributed by atoms with Gasteiger partial charge >= 0.3 is 5.97 Å². The van der Waals surface area contributed by atoms with Gasteiger partial charge in [0.15, 0.2) is 11.5 Å². The Hall–Kier alpha value is -2.25. The molecule has 0 radical (unpaired) electrons. The Morgan fingerprint density at radius 2 is 2.00 bits per heavy atom. The summed E-state index contributed by atoms with van der Waals surface area (Å²) in [6, 6.07) is 3.79. The van der Waals surface area contributed by atoms with Crippen molar-refractivity contribution in [3.8, 4) is 0 Å². The van der Waals surface area contributed by atoms with E-state index in [1.807, 2.05) is 12.1 Å². The number of nitrogens with zero attached hydrogens (tertiary/aromatic N) is 6. The van der Waals surface area contributed by atoms with Crippen molar-refractivity contribution in [2.24, 2.45) is 11.8 Å². The summed E-state index contributed by atoms with van der Waals surface area (Å²) in [6.07, 6.45) is 7.50. The van der Waals surface area contributed by atoms with Gasteiger partial charge in [-0.1, -0.05) is 13.3 Å². The Morgan fingerprint density at radius 3 is 2.81 bits per heavy atom. The second-order valence-corrected chi connectivity index (χ2v) is 7.41. The second-order valence-electron chi connectivity index (χ2n) is 7.41. The molecule has 8 heteroatoms. The van der Waals surface area contributed by atoms with Gasteiger partial charge in [-0.3, -0.25) is 4.79 Å². The van der Waals surface area contributed by atoms with Gasteiger partial charge in [-0.05, 0) is 67.0 Å². The minimum atomic E-state index is -0.00103. The Balaban J connectivity index is 1.33. The van der Waals surface area contributed by atoms with Gasteiger partial charge in [0.2, 0.25) is 0 Å². The quantitative estimate of drug-likeness (QED) is 0.775. The molecule has 0 amide bonds.